The van der Waals surface area contributed by atoms with E-state index in [1.165, 1.54) is 0 Å². The van der Waals surface area contributed by atoms with Gasteiger partial charge in [0.25, 0.3) is 0 Å². The van der Waals surface area contributed by atoms with Crippen LogP contribution >= 0.6 is 11.6 Å². The molecule has 0 aliphatic carbocycles. The molecule has 0 unspecified atom stereocenters. The SMILES string of the molecule is Cn1nc(-c2ccccc2)nc1Cl. The average Bonchev–Trinajstić information content (AvgIpc) is 2.49. The summed E-state index contributed by atoms with van der Waals surface area (Å²) in [7, 11) is 1.77. The Morgan fingerprint density at radius 2 is 1.92 bits per heavy atom. The molecule has 1 heterocycles. The zero-order chi connectivity index (χ0) is 9.26. The highest BCUT2D eigenvalue weighted by atomic mass is 35.5. The van der Waals surface area contributed by atoms with Gasteiger partial charge < -0.3 is 0 Å². The molecule has 0 bridgehead atoms. The van der Waals surface area contributed by atoms with E-state index in [1.54, 1.807) is 11.7 Å². The van der Waals surface area contributed by atoms with E-state index in [9.17, 15) is 0 Å². The molecule has 0 spiro atoms. The van der Waals surface area contributed by atoms with Crippen LogP contribution < -0.4 is 0 Å². The predicted octanol–water partition coefficient (Wildman–Crippen LogP) is 2.14. The van der Waals surface area contributed by atoms with Crippen molar-refractivity contribution in [2.45, 2.75) is 0 Å². The van der Waals surface area contributed by atoms with Gasteiger partial charge in [-0.3, -0.25) is 0 Å². The summed E-state index contributed by atoms with van der Waals surface area (Å²) >= 11 is 5.77. The Labute approximate surface area is 81.0 Å². The highest BCUT2D eigenvalue weighted by molar-refractivity contribution is 6.28. The lowest BCUT2D eigenvalue weighted by Gasteiger charge is -1.91. The fraction of sp³-hybridized carbons (Fsp3) is 0.111. The van der Waals surface area contributed by atoms with Gasteiger partial charge >= 0.3 is 0 Å². The summed E-state index contributed by atoms with van der Waals surface area (Å²) in [6.07, 6.45) is 0. The van der Waals surface area contributed by atoms with Crippen molar-refractivity contribution in [2.75, 3.05) is 0 Å². The summed E-state index contributed by atoms with van der Waals surface area (Å²) in [4.78, 5) is 4.10. The highest BCUT2D eigenvalue weighted by Gasteiger charge is 2.05. The smallest absolute Gasteiger partial charge is 0.221 e. The van der Waals surface area contributed by atoms with Crippen molar-refractivity contribution in [2.24, 2.45) is 7.05 Å². The lowest BCUT2D eigenvalue weighted by molar-refractivity contribution is 0.769. The Morgan fingerprint density at radius 3 is 2.46 bits per heavy atom. The van der Waals surface area contributed by atoms with Crippen LogP contribution in [0.5, 0.6) is 0 Å². The van der Waals surface area contributed by atoms with Crippen LogP contribution in [0.4, 0.5) is 0 Å². The van der Waals surface area contributed by atoms with E-state index in [0.717, 1.165) is 5.56 Å². The van der Waals surface area contributed by atoms with Crippen LogP contribution in [-0.4, -0.2) is 14.8 Å². The Morgan fingerprint density at radius 1 is 1.23 bits per heavy atom. The summed E-state index contributed by atoms with van der Waals surface area (Å²) < 4.78 is 1.55. The first kappa shape index (κ1) is 8.26. The molecule has 0 atom stereocenters. The molecule has 4 heteroatoms. The third-order valence-corrected chi connectivity index (χ3v) is 2.07. The van der Waals surface area contributed by atoms with Gasteiger partial charge in [-0.15, -0.1) is 5.10 Å². The van der Waals surface area contributed by atoms with Gasteiger partial charge in [0.1, 0.15) is 0 Å². The first-order valence-corrected chi connectivity index (χ1v) is 4.27. The average molecular weight is 194 g/mol. The summed E-state index contributed by atoms with van der Waals surface area (Å²) in [5, 5.41) is 4.56. The maximum atomic E-state index is 5.77. The second kappa shape index (κ2) is 3.18. The minimum atomic E-state index is 0.402. The highest BCUT2D eigenvalue weighted by Crippen LogP contribution is 2.16. The Bertz CT molecular complexity index is 389. The van der Waals surface area contributed by atoms with Crippen LogP contribution in [-0.2, 0) is 7.05 Å². The second-order valence-corrected chi connectivity index (χ2v) is 3.03. The first-order chi connectivity index (χ1) is 6.27. The first-order valence-electron chi connectivity index (χ1n) is 3.89. The minimum absolute atomic E-state index is 0.402. The number of aromatic nitrogens is 3. The van der Waals surface area contributed by atoms with Crippen molar-refractivity contribution >= 4 is 11.6 Å². The van der Waals surface area contributed by atoms with Gasteiger partial charge in [0.15, 0.2) is 5.82 Å². The molecule has 0 amide bonds. The van der Waals surface area contributed by atoms with Crippen LogP contribution in [0.25, 0.3) is 11.4 Å². The molecule has 3 nitrogen and oxygen atoms in total. The number of hydrogen-bond donors (Lipinski definition) is 0. The van der Waals surface area contributed by atoms with Crippen molar-refractivity contribution in [3.8, 4) is 11.4 Å². The van der Waals surface area contributed by atoms with Crippen LogP contribution in [0, 0.1) is 0 Å². The fourth-order valence-corrected chi connectivity index (χ4v) is 1.19. The molecule has 0 radical (unpaired) electrons. The minimum Gasteiger partial charge on any atom is -0.239 e. The third kappa shape index (κ3) is 1.55. The summed E-state index contributed by atoms with van der Waals surface area (Å²) in [5.41, 5.74) is 0.977. The van der Waals surface area contributed by atoms with Crippen LogP contribution in [0.15, 0.2) is 30.3 Å². The number of aryl methyl sites for hydroxylation is 1. The molecule has 0 fully saturated rings. The topological polar surface area (TPSA) is 30.7 Å². The van der Waals surface area contributed by atoms with E-state index < -0.39 is 0 Å². The maximum Gasteiger partial charge on any atom is 0.221 e. The van der Waals surface area contributed by atoms with Crippen molar-refractivity contribution in [3.63, 3.8) is 0 Å². The van der Waals surface area contributed by atoms with Gasteiger partial charge in [0.2, 0.25) is 5.28 Å². The van der Waals surface area contributed by atoms with Gasteiger partial charge in [-0.1, -0.05) is 30.3 Å². The van der Waals surface area contributed by atoms with Gasteiger partial charge in [-0.2, -0.15) is 4.98 Å². The van der Waals surface area contributed by atoms with Crippen LogP contribution in [0.3, 0.4) is 0 Å². The van der Waals surface area contributed by atoms with Crippen molar-refractivity contribution in [1.29, 1.82) is 0 Å². The molecule has 2 rings (SSSR count). The molecular formula is C9H8ClN3. The molecule has 2 aromatic rings. The summed E-state index contributed by atoms with van der Waals surface area (Å²) in [6, 6.07) is 9.74. The van der Waals surface area contributed by atoms with Gasteiger partial charge in [-0.05, 0) is 11.6 Å². The number of halogens is 1. The Balaban J connectivity index is 2.48. The molecule has 0 saturated carbocycles. The standard InChI is InChI=1S/C9H8ClN3/c1-13-9(10)11-8(12-13)7-5-3-2-4-6-7/h2-6H,1H3. The van der Waals surface area contributed by atoms with E-state index in [1.807, 2.05) is 30.3 Å². The number of rotatable bonds is 1. The molecule has 13 heavy (non-hydrogen) atoms. The Kier molecular flexibility index (Phi) is 2.02. The zero-order valence-corrected chi connectivity index (χ0v) is 7.86. The van der Waals surface area contributed by atoms with Crippen LogP contribution in [0.2, 0.25) is 5.28 Å². The molecular weight excluding hydrogens is 186 g/mol. The molecule has 0 aliphatic rings. The van der Waals surface area contributed by atoms with Crippen molar-refractivity contribution in [3.05, 3.63) is 35.6 Å². The predicted molar refractivity (Wildman–Crippen MR) is 51.4 cm³/mol. The molecule has 0 N–H and O–H groups in total. The molecule has 66 valence electrons. The lowest BCUT2D eigenvalue weighted by atomic mass is 10.2. The fourth-order valence-electron chi connectivity index (χ4n) is 1.07. The third-order valence-electron chi connectivity index (χ3n) is 1.74. The van der Waals surface area contributed by atoms with Gasteiger partial charge in [0, 0.05) is 12.6 Å². The van der Waals surface area contributed by atoms with E-state index in [-0.39, 0.29) is 0 Å². The summed E-state index contributed by atoms with van der Waals surface area (Å²) in [6.45, 7) is 0. The summed E-state index contributed by atoms with van der Waals surface area (Å²) in [5.74, 6) is 0.660. The normalized spacial score (nSPS) is 10.3. The van der Waals surface area contributed by atoms with E-state index >= 15 is 0 Å². The van der Waals surface area contributed by atoms with E-state index in [2.05, 4.69) is 10.1 Å². The molecule has 1 aromatic heterocycles. The monoisotopic (exact) mass is 193 g/mol. The van der Waals surface area contributed by atoms with Crippen molar-refractivity contribution in [1.82, 2.24) is 14.8 Å². The largest absolute Gasteiger partial charge is 0.239 e. The van der Waals surface area contributed by atoms with E-state index in [4.69, 9.17) is 11.6 Å². The van der Waals surface area contributed by atoms with Crippen LogP contribution in [0.1, 0.15) is 0 Å². The van der Waals surface area contributed by atoms with Gasteiger partial charge in [0.05, 0.1) is 0 Å². The number of benzene rings is 1. The molecule has 0 aliphatic heterocycles. The van der Waals surface area contributed by atoms with E-state index in [0.29, 0.717) is 11.1 Å². The quantitative estimate of drug-likeness (QED) is 0.695. The molecule has 0 saturated heterocycles. The van der Waals surface area contributed by atoms with Crippen molar-refractivity contribution < 1.29 is 0 Å². The Hall–Kier alpha value is -1.35. The maximum absolute atomic E-state index is 5.77. The van der Waals surface area contributed by atoms with Gasteiger partial charge in [-0.25, -0.2) is 4.68 Å². The number of nitrogens with zero attached hydrogens (tertiary/aromatic N) is 3. The second-order valence-electron chi connectivity index (χ2n) is 2.69. The number of hydrogen-bond acceptors (Lipinski definition) is 2. The zero-order valence-electron chi connectivity index (χ0n) is 7.11. The lowest BCUT2D eigenvalue weighted by Crippen LogP contribution is -1.89. The molecule has 1 aromatic carbocycles.